The van der Waals surface area contributed by atoms with Gasteiger partial charge in [-0.05, 0) is 14.0 Å². The number of hydrogen-bond donors (Lipinski definition) is 3. The summed E-state index contributed by atoms with van der Waals surface area (Å²) in [7, 11) is 1.83. The van der Waals surface area contributed by atoms with E-state index in [0.717, 1.165) is 0 Å². The normalized spacial score (nSPS) is 10.7. The molecule has 2 amide bonds. The lowest BCUT2D eigenvalue weighted by atomic mass is 10.3. The second kappa shape index (κ2) is 9.96. The second-order valence-electron chi connectivity index (χ2n) is 3.62. The van der Waals surface area contributed by atoms with Gasteiger partial charge in [-0.1, -0.05) is 0 Å². The van der Waals surface area contributed by atoms with Crippen LogP contribution in [0.5, 0.6) is 0 Å². The monoisotopic (exact) mass is 328 g/mol. The third kappa shape index (κ3) is 7.31. The standard InChI is InChI=1S/C10H16N4O2S.2ClH/c1-6(11-3)4-12-9(16)8-5-17-10(14-8)13-7(2)15;;/h5-6,11H,4H2,1-3H3,(H,12,16)(H,13,14,15);2*1H. The van der Waals surface area contributed by atoms with Crippen LogP contribution in [0.15, 0.2) is 5.38 Å². The number of nitrogens with zero attached hydrogens (tertiary/aromatic N) is 1. The Bertz CT molecular complexity index is 414. The first-order valence-electron chi connectivity index (χ1n) is 5.21. The number of thiazole rings is 1. The minimum absolute atomic E-state index is 0. The third-order valence-electron chi connectivity index (χ3n) is 2.08. The van der Waals surface area contributed by atoms with Gasteiger partial charge in [-0.3, -0.25) is 9.59 Å². The maximum Gasteiger partial charge on any atom is 0.270 e. The van der Waals surface area contributed by atoms with Crippen molar-refractivity contribution in [2.24, 2.45) is 0 Å². The van der Waals surface area contributed by atoms with Gasteiger partial charge < -0.3 is 16.0 Å². The fourth-order valence-electron chi connectivity index (χ4n) is 1.02. The Morgan fingerprint density at radius 2 is 2.05 bits per heavy atom. The molecule has 0 spiro atoms. The molecule has 0 saturated carbocycles. The average molecular weight is 329 g/mol. The molecule has 0 bridgehead atoms. The largest absolute Gasteiger partial charge is 0.349 e. The predicted octanol–water partition coefficient (Wildman–Crippen LogP) is 1.28. The number of rotatable bonds is 5. The zero-order chi connectivity index (χ0) is 12.8. The van der Waals surface area contributed by atoms with Crippen molar-refractivity contribution >= 4 is 53.1 Å². The summed E-state index contributed by atoms with van der Waals surface area (Å²) in [4.78, 5) is 26.5. The molecule has 1 unspecified atom stereocenters. The molecule has 9 heteroatoms. The molecule has 6 nitrogen and oxygen atoms in total. The molecule has 1 aromatic rings. The van der Waals surface area contributed by atoms with E-state index >= 15 is 0 Å². The van der Waals surface area contributed by atoms with E-state index in [9.17, 15) is 9.59 Å². The fraction of sp³-hybridized carbons (Fsp3) is 0.500. The van der Waals surface area contributed by atoms with Gasteiger partial charge in [0, 0.05) is 24.9 Å². The number of carbonyl (C=O) groups is 2. The van der Waals surface area contributed by atoms with Crippen LogP contribution in [0.3, 0.4) is 0 Å². The fourth-order valence-corrected chi connectivity index (χ4v) is 1.76. The molecule has 0 saturated heterocycles. The van der Waals surface area contributed by atoms with Crippen LogP contribution in [0, 0.1) is 0 Å². The number of halogens is 2. The first-order chi connectivity index (χ1) is 8.02. The summed E-state index contributed by atoms with van der Waals surface area (Å²) in [5.74, 6) is -0.435. The topological polar surface area (TPSA) is 83.1 Å². The summed E-state index contributed by atoms with van der Waals surface area (Å²) < 4.78 is 0. The van der Waals surface area contributed by atoms with E-state index in [0.29, 0.717) is 17.4 Å². The SMILES string of the molecule is CNC(C)CNC(=O)c1csc(NC(C)=O)n1.Cl.Cl. The van der Waals surface area contributed by atoms with Crippen molar-refractivity contribution in [1.82, 2.24) is 15.6 Å². The zero-order valence-electron chi connectivity index (χ0n) is 10.9. The van der Waals surface area contributed by atoms with E-state index < -0.39 is 0 Å². The summed E-state index contributed by atoms with van der Waals surface area (Å²) in [5, 5.41) is 10.3. The van der Waals surface area contributed by atoms with Gasteiger partial charge in [0.25, 0.3) is 5.91 Å². The summed E-state index contributed by atoms with van der Waals surface area (Å²) in [6, 6.07) is 0.201. The van der Waals surface area contributed by atoms with Crippen molar-refractivity contribution in [3.8, 4) is 0 Å². The van der Waals surface area contributed by atoms with Gasteiger partial charge >= 0.3 is 0 Å². The maximum atomic E-state index is 11.7. The van der Waals surface area contributed by atoms with Gasteiger partial charge in [-0.25, -0.2) is 4.98 Å². The van der Waals surface area contributed by atoms with Crippen LogP contribution in [0.4, 0.5) is 5.13 Å². The first-order valence-corrected chi connectivity index (χ1v) is 6.09. The zero-order valence-corrected chi connectivity index (χ0v) is 13.3. The average Bonchev–Trinajstić information content (AvgIpc) is 2.72. The van der Waals surface area contributed by atoms with Gasteiger partial charge in [0.1, 0.15) is 5.69 Å². The van der Waals surface area contributed by atoms with Crippen molar-refractivity contribution in [3.63, 3.8) is 0 Å². The minimum atomic E-state index is -0.236. The van der Waals surface area contributed by atoms with Crippen molar-refractivity contribution in [3.05, 3.63) is 11.1 Å². The summed E-state index contributed by atoms with van der Waals surface area (Å²) in [5.41, 5.74) is 0.321. The van der Waals surface area contributed by atoms with Gasteiger partial charge in [-0.15, -0.1) is 36.2 Å². The van der Waals surface area contributed by atoms with Crippen LogP contribution >= 0.6 is 36.2 Å². The van der Waals surface area contributed by atoms with Gasteiger partial charge in [0.15, 0.2) is 5.13 Å². The van der Waals surface area contributed by atoms with Crippen LogP contribution in [-0.4, -0.2) is 36.4 Å². The highest BCUT2D eigenvalue weighted by atomic mass is 35.5. The molecule has 1 heterocycles. The Morgan fingerprint density at radius 1 is 1.42 bits per heavy atom. The highest BCUT2D eigenvalue weighted by molar-refractivity contribution is 7.14. The van der Waals surface area contributed by atoms with Gasteiger partial charge in [-0.2, -0.15) is 0 Å². The Labute approximate surface area is 128 Å². The smallest absolute Gasteiger partial charge is 0.270 e. The Balaban J connectivity index is 0. The van der Waals surface area contributed by atoms with Crippen LogP contribution in [0.1, 0.15) is 24.3 Å². The molecule has 0 aliphatic rings. The molecular formula is C10H18Cl2N4O2S. The molecule has 1 rings (SSSR count). The molecule has 0 aromatic carbocycles. The predicted molar refractivity (Wildman–Crippen MR) is 81.8 cm³/mol. The third-order valence-corrected chi connectivity index (χ3v) is 2.84. The lowest BCUT2D eigenvalue weighted by Gasteiger charge is -2.10. The van der Waals surface area contributed by atoms with Crippen molar-refractivity contribution < 1.29 is 9.59 Å². The Kier molecular flexibility index (Phi) is 10.7. The van der Waals surface area contributed by atoms with E-state index in [4.69, 9.17) is 0 Å². The number of carbonyl (C=O) groups excluding carboxylic acids is 2. The molecule has 0 radical (unpaired) electrons. The number of anilines is 1. The molecule has 3 N–H and O–H groups in total. The van der Waals surface area contributed by atoms with Crippen molar-refractivity contribution in [2.75, 3.05) is 18.9 Å². The van der Waals surface area contributed by atoms with E-state index in [1.807, 2.05) is 14.0 Å². The lowest BCUT2D eigenvalue weighted by molar-refractivity contribution is -0.114. The molecular weight excluding hydrogens is 311 g/mol. The Morgan fingerprint density at radius 3 is 2.58 bits per heavy atom. The van der Waals surface area contributed by atoms with Crippen LogP contribution < -0.4 is 16.0 Å². The molecule has 0 fully saturated rings. The van der Waals surface area contributed by atoms with Crippen LogP contribution in [0.25, 0.3) is 0 Å². The number of aromatic nitrogens is 1. The Hall–Kier alpha value is -0.890. The number of hydrogen-bond acceptors (Lipinski definition) is 5. The van der Waals surface area contributed by atoms with Crippen molar-refractivity contribution in [1.29, 1.82) is 0 Å². The second-order valence-corrected chi connectivity index (χ2v) is 4.48. The molecule has 1 aromatic heterocycles. The van der Waals surface area contributed by atoms with E-state index in [-0.39, 0.29) is 42.7 Å². The number of nitrogens with one attached hydrogen (secondary N) is 3. The summed E-state index contributed by atoms with van der Waals surface area (Å²) >= 11 is 1.23. The number of amides is 2. The molecule has 19 heavy (non-hydrogen) atoms. The molecule has 110 valence electrons. The summed E-state index contributed by atoms with van der Waals surface area (Å²) in [6.07, 6.45) is 0. The van der Waals surface area contributed by atoms with Gasteiger partial charge in [0.05, 0.1) is 0 Å². The highest BCUT2D eigenvalue weighted by Gasteiger charge is 2.11. The van der Waals surface area contributed by atoms with Crippen LogP contribution in [0.2, 0.25) is 0 Å². The number of likely N-dealkylation sites (N-methyl/N-ethyl adjacent to an activating group) is 1. The first kappa shape index (κ1) is 20.4. The molecule has 1 atom stereocenters. The quantitative estimate of drug-likeness (QED) is 0.760. The summed E-state index contributed by atoms with van der Waals surface area (Å²) in [6.45, 7) is 3.89. The van der Waals surface area contributed by atoms with Gasteiger partial charge in [0.2, 0.25) is 5.91 Å². The maximum absolute atomic E-state index is 11.7. The van der Waals surface area contributed by atoms with Crippen molar-refractivity contribution in [2.45, 2.75) is 19.9 Å². The minimum Gasteiger partial charge on any atom is -0.349 e. The molecule has 0 aliphatic heterocycles. The van der Waals surface area contributed by atoms with E-state index in [2.05, 4.69) is 20.9 Å². The highest BCUT2D eigenvalue weighted by Crippen LogP contribution is 2.14. The van der Waals surface area contributed by atoms with E-state index in [1.165, 1.54) is 18.3 Å². The van der Waals surface area contributed by atoms with Crippen LogP contribution in [-0.2, 0) is 4.79 Å². The molecule has 0 aliphatic carbocycles. The lowest BCUT2D eigenvalue weighted by Crippen LogP contribution is -2.37. The van der Waals surface area contributed by atoms with E-state index in [1.54, 1.807) is 5.38 Å².